The molecule has 0 radical (unpaired) electrons. The van der Waals surface area contributed by atoms with Crippen molar-refractivity contribution in [3.8, 4) is 5.75 Å². The minimum Gasteiger partial charge on any atom is -0.483 e. The number of hydrogen-bond acceptors (Lipinski definition) is 4. The molecule has 0 aromatic carbocycles. The highest BCUT2D eigenvalue weighted by Crippen LogP contribution is 2.13. The lowest BCUT2D eigenvalue weighted by molar-refractivity contribution is 0.0737. The Morgan fingerprint density at radius 1 is 1.53 bits per heavy atom. The van der Waals surface area contributed by atoms with E-state index >= 15 is 0 Å². The number of halogens is 2. The minimum absolute atomic E-state index is 0. The van der Waals surface area contributed by atoms with Gasteiger partial charge in [-0.3, -0.25) is 4.68 Å². The molecule has 88 valence electrons. The number of aliphatic hydroxyl groups is 1. The topological polar surface area (TPSA) is 59.3 Å². The molecule has 1 aliphatic heterocycles. The van der Waals surface area contributed by atoms with Crippen molar-refractivity contribution in [2.75, 3.05) is 13.1 Å². The van der Waals surface area contributed by atoms with E-state index in [0.717, 1.165) is 0 Å². The van der Waals surface area contributed by atoms with E-state index in [1.807, 2.05) is 7.05 Å². The Hall–Kier alpha value is -0.490. The standard InChI is InChI=1S/C8H13N3O2.2ClH/c1-11-5-6(2-10-11)13-8-4-9-3-7(8)12;;/h2,5,7-9,12H,3-4H2,1H3;2*1H/t7-,8-;;/m1../s1. The van der Waals surface area contributed by atoms with Crippen LogP contribution in [0.4, 0.5) is 0 Å². The molecule has 15 heavy (non-hydrogen) atoms. The molecule has 1 aromatic rings. The van der Waals surface area contributed by atoms with Crippen LogP contribution in [0.5, 0.6) is 5.75 Å². The van der Waals surface area contributed by atoms with Crippen LogP contribution in [0.15, 0.2) is 12.4 Å². The van der Waals surface area contributed by atoms with Crippen molar-refractivity contribution in [1.29, 1.82) is 0 Å². The van der Waals surface area contributed by atoms with Crippen molar-refractivity contribution in [3.05, 3.63) is 12.4 Å². The van der Waals surface area contributed by atoms with Crippen LogP contribution < -0.4 is 10.1 Å². The lowest BCUT2D eigenvalue weighted by Crippen LogP contribution is -2.29. The van der Waals surface area contributed by atoms with Gasteiger partial charge in [0.1, 0.15) is 12.2 Å². The molecule has 5 nitrogen and oxygen atoms in total. The Balaban J connectivity index is 0.000000980. The highest BCUT2D eigenvalue weighted by Gasteiger charge is 2.26. The van der Waals surface area contributed by atoms with E-state index in [1.165, 1.54) is 0 Å². The zero-order chi connectivity index (χ0) is 9.26. The van der Waals surface area contributed by atoms with Gasteiger partial charge in [0.2, 0.25) is 0 Å². The van der Waals surface area contributed by atoms with Crippen molar-refractivity contribution in [2.24, 2.45) is 7.05 Å². The summed E-state index contributed by atoms with van der Waals surface area (Å²) in [7, 11) is 1.83. The molecule has 1 fully saturated rings. The number of aryl methyl sites for hydroxylation is 1. The monoisotopic (exact) mass is 255 g/mol. The second-order valence-electron chi connectivity index (χ2n) is 3.23. The van der Waals surface area contributed by atoms with E-state index in [9.17, 15) is 5.11 Å². The highest BCUT2D eigenvalue weighted by molar-refractivity contribution is 5.85. The van der Waals surface area contributed by atoms with E-state index in [2.05, 4.69) is 10.4 Å². The van der Waals surface area contributed by atoms with Crippen LogP contribution in [0.2, 0.25) is 0 Å². The molecule has 1 aliphatic rings. The fraction of sp³-hybridized carbons (Fsp3) is 0.625. The number of β-amino-alcohol motifs (C(OH)–C–C–N with tert-alkyl or cyclic N) is 1. The first-order chi connectivity index (χ1) is 6.25. The largest absolute Gasteiger partial charge is 0.483 e. The molecule has 1 aromatic heterocycles. The van der Waals surface area contributed by atoms with E-state index in [1.54, 1.807) is 17.1 Å². The number of nitrogens with one attached hydrogen (secondary N) is 1. The summed E-state index contributed by atoms with van der Waals surface area (Å²) in [4.78, 5) is 0. The second kappa shape index (κ2) is 6.17. The van der Waals surface area contributed by atoms with Gasteiger partial charge in [0.15, 0.2) is 5.75 Å². The third kappa shape index (κ3) is 3.53. The number of aliphatic hydroxyl groups excluding tert-OH is 1. The first kappa shape index (κ1) is 14.5. The average Bonchev–Trinajstić information content (AvgIpc) is 2.64. The summed E-state index contributed by atoms with van der Waals surface area (Å²) in [5, 5.41) is 16.5. The SMILES string of the molecule is Cl.Cl.Cn1cc(O[C@@H]2CNC[C@H]2O)cn1. The average molecular weight is 256 g/mol. The van der Waals surface area contributed by atoms with Crippen LogP contribution in [0.3, 0.4) is 0 Å². The summed E-state index contributed by atoms with van der Waals surface area (Å²) >= 11 is 0. The molecule has 2 N–H and O–H groups in total. The van der Waals surface area contributed by atoms with Crippen LogP contribution in [0, 0.1) is 0 Å². The summed E-state index contributed by atoms with van der Waals surface area (Å²) in [5.74, 6) is 0.704. The predicted octanol–water partition coefficient (Wildman–Crippen LogP) is -0.0248. The molecular weight excluding hydrogens is 241 g/mol. The zero-order valence-electron chi connectivity index (χ0n) is 8.29. The lowest BCUT2D eigenvalue weighted by Gasteiger charge is -2.13. The van der Waals surface area contributed by atoms with Gasteiger partial charge in [0.25, 0.3) is 0 Å². The van der Waals surface area contributed by atoms with Gasteiger partial charge in [-0.15, -0.1) is 24.8 Å². The number of ether oxygens (including phenoxy) is 1. The first-order valence-electron chi connectivity index (χ1n) is 4.30. The number of aromatic nitrogens is 2. The van der Waals surface area contributed by atoms with Gasteiger partial charge in [-0.05, 0) is 0 Å². The van der Waals surface area contributed by atoms with Crippen LogP contribution in [-0.2, 0) is 7.05 Å². The summed E-state index contributed by atoms with van der Waals surface area (Å²) in [6, 6.07) is 0. The number of hydrogen-bond donors (Lipinski definition) is 2. The third-order valence-electron chi connectivity index (χ3n) is 2.10. The van der Waals surface area contributed by atoms with E-state index in [4.69, 9.17) is 4.74 Å². The lowest BCUT2D eigenvalue weighted by atomic mass is 10.3. The number of nitrogens with zero attached hydrogens (tertiary/aromatic N) is 2. The van der Waals surface area contributed by atoms with Gasteiger partial charge < -0.3 is 15.2 Å². The van der Waals surface area contributed by atoms with Crippen molar-refractivity contribution in [2.45, 2.75) is 12.2 Å². The Kier molecular flexibility index (Phi) is 5.97. The van der Waals surface area contributed by atoms with Gasteiger partial charge >= 0.3 is 0 Å². The summed E-state index contributed by atoms with van der Waals surface area (Å²) in [6.07, 6.45) is 2.86. The Morgan fingerprint density at radius 2 is 2.27 bits per heavy atom. The number of rotatable bonds is 2. The van der Waals surface area contributed by atoms with Crippen LogP contribution in [0.25, 0.3) is 0 Å². The minimum atomic E-state index is -0.416. The van der Waals surface area contributed by atoms with Crippen molar-refractivity contribution in [3.63, 3.8) is 0 Å². The van der Waals surface area contributed by atoms with Gasteiger partial charge in [-0.2, -0.15) is 5.10 Å². The summed E-state index contributed by atoms with van der Waals surface area (Å²) in [5.41, 5.74) is 0. The Labute approximate surface area is 101 Å². The van der Waals surface area contributed by atoms with Gasteiger partial charge in [-0.1, -0.05) is 0 Å². The summed E-state index contributed by atoms with van der Waals surface area (Å²) in [6.45, 7) is 1.29. The maximum absolute atomic E-state index is 9.44. The fourth-order valence-corrected chi connectivity index (χ4v) is 1.40. The van der Waals surface area contributed by atoms with Crippen molar-refractivity contribution >= 4 is 24.8 Å². The predicted molar refractivity (Wildman–Crippen MR) is 61.0 cm³/mol. The zero-order valence-corrected chi connectivity index (χ0v) is 9.92. The first-order valence-corrected chi connectivity index (χ1v) is 4.30. The highest BCUT2D eigenvalue weighted by atomic mass is 35.5. The normalized spacial score (nSPS) is 24.1. The maximum atomic E-state index is 9.44. The van der Waals surface area contributed by atoms with Crippen LogP contribution in [-0.4, -0.2) is 40.2 Å². The third-order valence-corrected chi connectivity index (χ3v) is 2.10. The molecule has 0 amide bonds. The molecule has 0 bridgehead atoms. The van der Waals surface area contributed by atoms with Crippen molar-refractivity contribution < 1.29 is 9.84 Å². The second-order valence-corrected chi connectivity index (χ2v) is 3.23. The maximum Gasteiger partial charge on any atom is 0.157 e. The molecular formula is C8H15Cl2N3O2. The van der Waals surface area contributed by atoms with Crippen LogP contribution in [0.1, 0.15) is 0 Å². The molecule has 2 rings (SSSR count). The van der Waals surface area contributed by atoms with E-state index < -0.39 is 6.10 Å². The fourth-order valence-electron chi connectivity index (χ4n) is 1.40. The van der Waals surface area contributed by atoms with E-state index in [0.29, 0.717) is 18.8 Å². The van der Waals surface area contributed by atoms with Crippen molar-refractivity contribution in [1.82, 2.24) is 15.1 Å². The van der Waals surface area contributed by atoms with Gasteiger partial charge in [-0.25, -0.2) is 0 Å². The Morgan fingerprint density at radius 3 is 2.73 bits per heavy atom. The molecule has 0 saturated carbocycles. The summed E-state index contributed by atoms with van der Waals surface area (Å²) < 4.78 is 7.18. The molecule has 0 spiro atoms. The smallest absolute Gasteiger partial charge is 0.157 e. The van der Waals surface area contributed by atoms with Crippen LogP contribution >= 0.6 is 24.8 Å². The van der Waals surface area contributed by atoms with Gasteiger partial charge in [0.05, 0.1) is 12.4 Å². The molecule has 2 heterocycles. The molecule has 0 unspecified atom stereocenters. The Bertz CT molecular complexity index is 295. The molecule has 1 saturated heterocycles. The quantitative estimate of drug-likeness (QED) is 0.780. The van der Waals surface area contributed by atoms with Gasteiger partial charge in [0, 0.05) is 20.1 Å². The molecule has 0 aliphatic carbocycles. The molecule has 7 heteroatoms. The molecule has 2 atom stereocenters. The van der Waals surface area contributed by atoms with E-state index in [-0.39, 0.29) is 30.9 Å².